The Morgan fingerprint density at radius 3 is 2.68 bits per heavy atom. The van der Waals surface area contributed by atoms with Crippen LogP contribution in [0.4, 0.5) is 0 Å². The highest BCUT2D eigenvalue weighted by atomic mass is 16.2. The molecule has 114 valence electrons. The van der Waals surface area contributed by atoms with Gasteiger partial charge < -0.3 is 5.32 Å². The summed E-state index contributed by atoms with van der Waals surface area (Å²) in [4.78, 5) is 31.7. The Kier molecular flexibility index (Phi) is 4.22. The predicted molar refractivity (Wildman–Crippen MR) is 79.3 cm³/mol. The minimum Gasteiger partial charge on any atom is -0.348 e. The van der Waals surface area contributed by atoms with Crippen LogP contribution in [0, 0.1) is 0 Å². The summed E-state index contributed by atoms with van der Waals surface area (Å²) in [7, 11) is 0. The van der Waals surface area contributed by atoms with Gasteiger partial charge in [-0.25, -0.2) is 9.67 Å². The van der Waals surface area contributed by atoms with Crippen LogP contribution in [0.2, 0.25) is 0 Å². The van der Waals surface area contributed by atoms with Crippen molar-refractivity contribution in [3.8, 4) is 0 Å². The molecule has 3 rings (SSSR count). The first-order valence-corrected chi connectivity index (χ1v) is 7.35. The van der Waals surface area contributed by atoms with Crippen molar-refractivity contribution in [2.24, 2.45) is 0 Å². The molecule has 7 nitrogen and oxygen atoms in total. The smallest absolute Gasteiger partial charge is 0.271 e. The number of rotatable bonds is 3. The Morgan fingerprint density at radius 2 is 2.00 bits per heavy atom. The van der Waals surface area contributed by atoms with Crippen molar-refractivity contribution < 1.29 is 4.79 Å². The zero-order valence-electron chi connectivity index (χ0n) is 12.1. The minimum absolute atomic E-state index is 0.0745. The van der Waals surface area contributed by atoms with E-state index in [0.717, 1.165) is 25.7 Å². The SMILES string of the molecule is O=C(NC1CCC(n2ncccc2=O)CC1)c1cnccn1. The van der Waals surface area contributed by atoms with Gasteiger partial charge in [-0.05, 0) is 31.7 Å². The van der Waals surface area contributed by atoms with Gasteiger partial charge in [-0.3, -0.25) is 14.6 Å². The highest BCUT2D eigenvalue weighted by Crippen LogP contribution is 2.26. The first kappa shape index (κ1) is 14.4. The Morgan fingerprint density at radius 1 is 1.18 bits per heavy atom. The molecule has 0 saturated heterocycles. The third-order valence-electron chi connectivity index (χ3n) is 3.92. The van der Waals surface area contributed by atoms with E-state index in [0.29, 0.717) is 5.69 Å². The number of carbonyl (C=O) groups is 1. The standard InChI is InChI=1S/C15H17N5O2/c21-14-2-1-7-18-20(14)12-5-3-11(4-6-12)19-15(22)13-10-16-8-9-17-13/h1-2,7-12H,3-6H2,(H,19,22). The molecule has 1 amide bonds. The number of amides is 1. The molecule has 1 fully saturated rings. The van der Waals surface area contributed by atoms with Gasteiger partial charge in [0.25, 0.3) is 11.5 Å². The molecule has 1 aliphatic carbocycles. The molecular formula is C15H17N5O2. The van der Waals surface area contributed by atoms with E-state index < -0.39 is 0 Å². The lowest BCUT2D eigenvalue weighted by atomic mass is 9.91. The molecule has 0 aliphatic heterocycles. The van der Waals surface area contributed by atoms with Crippen LogP contribution in [0.3, 0.4) is 0 Å². The van der Waals surface area contributed by atoms with Gasteiger partial charge >= 0.3 is 0 Å². The van der Waals surface area contributed by atoms with Crippen LogP contribution in [-0.2, 0) is 0 Å². The van der Waals surface area contributed by atoms with Gasteiger partial charge in [0.15, 0.2) is 0 Å². The minimum atomic E-state index is -0.202. The lowest BCUT2D eigenvalue weighted by Gasteiger charge is -2.29. The average Bonchev–Trinajstić information content (AvgIpc) is 2.57. The Labute approximate surface area is 127 Å². The van der Waals surface area contributed by atoms with Crippen LogP contribution in [-0.4, -0.2) is 31.7 Å². The number of hydrogen-bond donors (Lipinski definition) is 1. The quantitative estimate of drug-likeness (QED) is 0.911. The highest BCUT2D eigenvalue weighted by molar-refractivity contribution is 5.92. The predicted octanol–water partition coefficient (Wildman–Crippen LogP) is 0.947. The third kappa shape index (κ3) is 3.19. The second-order valence-corrected chi connectivity index (χ2v) is 5.38. The molecule has 0 spiro atoms. The van der Waals surface area contributed by atoms with E-state index in [1.54, 1.807) is 16.9 Å². The number of carbonyl (C=O) groups excluding carboxylic acids is 1. The summed E-state index contributed by atoms with van der Waals surface area (Å²) >= 11 is 0. The number of nitrogens with zero attached hydrogens (tertiary/aromatic N) is 4. The number of aromatic nitrogens is 4. The summed E-state index contributed by atoms with van der Waals surface area (Å²) in [6.07, 6.45) is 9.40. The maximum absolute atomic E-state index is 12.0. The fourth-order valence-electron chi connectivity index (χ4n) is 2.78. The summed E-state index contributed by atoms with van der Waals surface area (Å²) in [6.45, 7) is 0. The van der Waals surface area contributed by atoms with E-state index in [1.165, 1.54) is 24.7 Å². The lowest BCUT2D eigenvalue weighted by molar-refractivity contribution is 0.0916. The van der Waals surface area contributed by atoms with Crippen LogP contribution in [0.25, 0.3) is 0 Å². The van der Waals surface area contributed by atoms with Crippen LogP contribution in [0.5, 0.6) is 0 Å². The van der Waals surface area contributed by atoms with Gasteiger partial charge in [0.05, 0.1) is 12.2 Å². The van der Waals surface area contributed by atoms with Gasteiger partial charge in [-0.15, -0.1) is 0 Å². The Balaban J connectivity index is 1.57. The van der Waals surface area contributed by atoms with Crippen molar-refractivity contribution in [3.05, 3.63) is 53.0 Å². The van der Waals surface area contributed by atoms with Crippen molar-refractivity contribution in [2.75, 3.05) is 0 Å². The van der Waals surface area contributed by atoms with Crippen LogP contribution in [0.15, 0.2) is 41.7 Å². The van der Waals surface area contributed by atoms with E-state index in [9.17, 15) is 9.59 Å². The van der Waals surface area contributed by atoms with E-state index in [4.69, 9.17) is 0 Å². The molecule has 7 heteroatoms. The van der Waals surface area contributed by atoms with Crippen molar-refractivity contribution in [3.63, 3.8) is 0 Å². The summed E-state index contributed by atoms with van der Waals surface area (Å²) in [5.74, 6) is -0.202. The third-order valence-corrected chi connectivity index (χ3v) is 3.92. The molecule has 0 bridgehead atoms. The molecule has 22 heavy (non-hydrogen) atoms. The van der Waals surface area contributed by atoms with Gasteiger partial charge in [0.1, 0.15) is 5.69 Å². The number of nitrogens with one attached hydrogen (secondary N) is 1. The zero-order valence-corrected chi connectivity index (χ0v) is 12.1. The number of hydrogen-bond acceptors (Lipinski definition) is 5. The van der Waals surface area contributed by atoms with E-state index in [-0.39, 0.29) is 23.6 Å². The highest BCUT2D eigenvalue weighted by Gasteiger charge is 2.25. The first-order valence-electron chi connectivity index (χ1n) is 7.35. The van der Waals surface area contributed by atoms with Crippen molar-refractivity contribution >= 4 is 5.91 Å². The molecule has 0 unspecified atom stereocenters. The first-order chi connectivity index (χ1) is 10.7. The summed E-state index contributed by atoms with van der Waals surface area (Å²) in [5.41, 5.74) is 0.250. The average molecular weight is 299 g/mol. The second-order valence-electron chi connectivity index (χ2n) is 5.38. The molecule has 0 aromatic carbocycles. The lowest BCUT2D eigenvalue weighted by Crippen LogP contribution is -2.39. The maximum Gasteiger partial charge on any atom is 0.271 e. The normalized spacial score (nSPS) is 21.3. The van der Waals surface area contributed by atoms with E-state index in [2.05, 4.69) is 20.4 Å². The van der Waals surface area contributed by atoms with Crippen LogP contribution >= 0.6 is 0 Å². The molecular weight excluding hydrogens is 282 g/mol. The fourth-order valence-corrected chi connectivity index (χ4v) is 2.78. The summed E-state index contributed by atoms with van der Waals surface area (Å²) in [5, 5.41) is 7.11. The zero-order chi connectivity index (χ0) is 15.4. The molecule has 1 aliphatic rings. The van der Waals surface area contributed by atoms with Crippen molar-refractivity contribution in [1.29, 1.82) is 0 Å². The Hall–Kier alpha value is -2.57. The van der Waals surface area contributed by atoms with E-state index >= 15 is 0 Å². The van der Waals surface area contributed by atoms with Crippen molar-refractivity contribution in [1.82, 2.24) is 25.1 Å². The van der Waals surface area contributed by atoms with Gasteiger partial charge in [0, 0.05) is 30.7 Å². The molecule has 1 saturated carbocycles. The van der Waals surface area contributed by atoms with Gasteiger partial charge in [-0.2, -0.15) is 5.10 Å². The largest absolute Gasteiger partial charge is 0.348 e. The monoisotopic (exact) mass is 299 g/mol. The molecule has 0 atom stereocenters. The van der Waals surface area contributed by atoms with Gasteiger partial charge in [0.2, 0.25) is 0 Å². The van der Waals surface area contributed by atoms with Crippen LogP contribution < -0.4 is 10.9 Å². The fraction of sp³-hybridized carbons (Fsp3) is 0.400. The molecule has 0 radical (unpaired) electrons. The maximum atomic E-state index is 12.0. The van der Waals surface area contributed by atoms with Crippen molar-refractivity contribution in [2.45, 2.75) is 37.8 Å². The van der Waals surface area contributed by atoms with Crippen LogP contribution in [0.1, 0.15) is 42.2 Å². The Bertz CT molecular complexity index is 692. The summed E-state index contributed by atoms with van der Waals surface area (Å²) < 4.78 is 1.54. The molecule has 1 N–H and O–H groups in total. The van der Waals surface area contributed by atoms with E-state index in [1.807, 2.05) is 0 Å². The molecule has 2 heterocycles. The topological polar surface area (TPSA) is 89.8 Å². The molecule has 2 aromatic heterocycles. The molecule has 2 aromatic rings. The van der Waals surface area contributed by atoms with Gasteiger partial charge in [-0.1, -0.05) is 0 Å². The summed E-state index contributed by atoms with van der Waals surface area (Å²) in [6, 6.07) is 3.38. The second kappa shape index (κ2) is 6.46.